The number of anilines is 2. The van der Waals surface area contributed by atoms with Crippen molar-refractivity contribution >= 4 is 23.2 Å². The Labute approximate surface area is 157 Å². The summed E-state index contributed by atoms with van der Waals surface area (Å²) in [6, 6.07) is 22.9. The molecule has 1 unspecified atom stereocenters. The number of nitrogens with one attached hydrogen (secondary N) is 1. The monoisotopic (exact) mass is 354 g/mol. The molecule has 27 heavy (non-hydrogen) atoms. The van der Waals surface area contributed by atoms with E-state index >= 15 is 0 Å². The number of benzene rings is 3. The molecule has 132 valence electrons. The second-order valence-electron chi connectivity index (χ2n) is 7.04. The normalized spacial score (nSPS) is 16.4. The summed E-state index contributed by atoms with van der Waals surface area (Å²) in [5.74, 6) is -0.506. The first-order valence-corrected chi connectivity index (χ1v) is 9.08. The Morgan fingerprint density at radius 1 is 0.741 bits per heavy atom. The van der Waals surface area contributed by atoms with Gasteiger partial charge in [-0.25, -0.2) is 0 Å². The van der Waals surface area contributed by atoms with Crippen LogP contribution in [0.5, 0.6) is 0 Å². The molecule has 0 saturated carbocycles. The molecule has 2 aliphatic heterocycles. The zero-order valence-corrected chi connectivity index (χ0v) is 14.8. The predicted octanol–water partition coefficient (Wildman–Crippen LogP) is 4.56. The third kappa shape index (κ3) is 2.23. The van der Waals surface area contributed by atoms with Crippen molar-refractivity contribution in [1.29, 1.82) is 0 Å². The Morgan fingerprint density at radius 3 is 1.70 bits per heavy atom. The summed E-state index contributed by atoms with van der Waals surface area (Å²) in [5, 5.41) is 3.47. The molecule has 0 fully saturated rings. The van der Waals surface area contributed by atoms with Crippen molar-refractivity contribution < 1.29 is 9.59 Å². The minimum absolute atomic E-state index is 0.0825. The number of hydrogen-bond acceptors (Lipinski definition) is 3. The van der Waals surface area contributed by atoms with Gasteiger partial charge in [-0.2, -0.15) is 0 Å². The fraction of sp³-hybridized carbons (Fsp3) is 0.130. The lowest BCUT2D eigenvalue weighted by Gasteiger charge is -2.36. The average molecular weight is 354 g/mol. The van der Waals surface area contributed by atoms with E-state index in [0.717, 1.165) is 22.5 Å². The molecule has 3 aromatic rings. The van der Waals surface area contributed by atoms with E-state index in [1.165, 1.54) is 4.90 Å². The van der Waals surface area contributed by atoms with Crippen molar-refractivity contribution in [3.8, 4) is 0 Å². The molecule has 0 saturated heterocycles. The molecule has 0 aromatic heterocycles. The molecule has 2 heterocycles. The minimum atomic E-state index is -0.304. The quantitative estimate of drug-likeness (QED) is 0.686. The van der Waals surface area contributed by atoms with E-state index in [2.05, 4.69) is 17.4 Å². The molecule has 1 atom stereocenters. The van der Waals surface area contributed by atoms with Gasteiger partial charge < -0.3 is 5.32 Å². The molecule has 3 aromatic carbocycles. The van der Waals surface area contributed by atoms with Gasteiger partial charge in [0.1, 0.15) is 0 Å². The van der Waals surface area contributed by atoms with E-state index in [4.69, 9.17) is 0 Å². The number of carbonyl (C=O) groups excluding carboxylic acids is 2. The molecular formula is C23H18N2O2. The average Bonchev–Trinajstić information content (AvgIpc) is 2.96. The first kappa shape index (κ1) is 15.8. The number of hydrogen-bond donors (Lipinski definition) is 1. The van der Waals surface area contributed by atoms with Crippen molar-refractivity contribution in [1.82, 2.24) is 4.90 Å². The molecule has 2 aliphatic rings. The zero-order chi connectivity index (χ0) is 18.5. The van der Waals surface area contributed by atoms with Gasteiger partial charge in [0.05, 0.1) is 11.1 Å². The molecule has 2 amide bonds. The van der Waals surface area contributed by atoms with Crippen LogP contribution >= 0.6 is 0 Å². The molecule has 4 nitrogen and oxygen atoms in total. The van der Waals surface area contributed by atoms with Crippen LogP contribution in [0.15, 0.2) is 72.8 Å². The zero-order valence-electron chi connectivity index (χ0n) is 14.8. The van der Waals surface area contributed by atoms with E-state index in [1.54, 1.807) is 24.3 Å². The molecule has 4 heteroatoms. The summed E-state index contributed by atoms with van der Waals surface area (Å²) in [7, 11) is 0. The van der Waals surface area contributed by atoms with Crippen molar-refractivity contribution in [3.05, 3.63) is 95.1 Å². The molecule has 0 spiro atoms. The van der Waals surface area contributed by atoms with E-state index in [0.29, 0.717) is 11.1 Å². The number of amides is 2. The van der Waals surface area contributed by atoms with Crippen LogP contribution in [0.4, 0.5) is 11.4 Å². The van der Waals surface area contributed by atoms with Gasteiger partial charge in [0.2, 0.25) is 0 Å². The molecule has 0 radical (unpaired) electrons. The minimum Gasteiger partial charge on any atom is -0.355 e. The molecular weight excluding hydrogens is 336 g/mol. The van der Waals surface area contributed by atoms with Crippen molar-refractivity contribution in [2.45, 2.75) is 18.9 Å². The lowest BCUT2D eigenvalue weighted by molar-refractivity contribution is 0.0584. The number of rotatable bonds is 2. The van der Waals surface area contributed by atoms with Crippen LogP contribution in [0.3, 0.4) is 0 Å². The van der Waals surface area contributed by atoms with E-state index in [1.807, 2.05) is 43.3 Å². The standard InChI is InChI=1S/C23H18N2O2/c1-14(25-22(26)15-8-2-3-9-16(15)23(25)27)21-17-10-4-6-12-19(17)24-20-13-7-5-11-18(20)21/h2-14,21,24H,1H3. The van der Waals surface area contributed by atoms with Crippen molar-refractivity contribution in [2.24, 2.45) is 0 Å². The van der Waals surface area contributed by atoms with Crippen LogP contribution in [0.2, 0.25) is 0 Å². The largest absolute Gasteiger partial charge is 0.355 e. The lowest BCUT2D eigenvalue weighted by atomic mass is 9.81. The summed E-state index contributed by atoms with van der Waals surface area (Å²) in [6.07, 6.45) is 0. The summed E-state index contributed by atoms with van der Waals surface area (Å²) < 4.78 is 0. The molecule has 5 rings (SSSR count). The number of carbonyl (C=O) groups is 2. The van der Waals surface area contributed by atoms with Crippen molar-refractivity contribution in [2.75, 3.05) is 5.32 Å². The van der Waals surface area contributed by atoms with Crippen LogP contribution in [0.25, 0.3) is 0 Å². The fourth-order valence-corrected chi connectivity index (χ4v) is 4.32. The number of fused-ring (bicyclic) bond motifs is 3. The van der Waals surface area contributed by atoms with E-state index in [9.17, 15) is 9.59 Å². The highest BCUT2D eigenvalue weighted by Crippen LogP contribution is 2.45. The van der Waals surface area contributed by atoms with E-state index < -0.39 is 0 Å². The topological polar surface area (TPSA) is 49.4 Å². The lowest BCUT2D eigenvalue weighted by Crippen LogP contribution is -2.42. The van der Waals surface area contributed by atoms with Crippen LogP contribution < -0.4 is 5.32 Å². The molecule has 0 bridgehead atoms. The summed E-state index contributed by atoms with van der Waals surface area (Å²) in [4.78, 5) is 27.4. The maximum absolute atomic E-state index is 13.0. The molecule has 0 aliphatic carbocycles. The van der Waals surface area contributed by atoms with Gasteiger partial charge >= 0.3 is 0 Å². The van der Waals surface area contributed by atoms with Gasteiger partial charge in [0.15, 0.2) is 0 Å². The Morgan fingerprint density at radius 2 is 1.19 bits per heavy atom. The van der Waals surface area contributed by atoms with Gasteiger partial charge in [-0.15, -0.1) is 0 Å². The Bertz CT molecular complexity index is 1010. The van der Waals surface area contributed by atoms with Gasteiger partial charge in [-0.05, 0) is 42.3 Å². The first-order chi connectivity index (χ1) is 13.2. The van der Waals surface area contributed by atoms with E-state index in [-0.39, 0.29) is 23.8 Å². The Kier molecular flexibility index (Phi) is 3.41. The second-order valence-corrected chi connectivity index (χ2v) is 7.04. The number of para-hydroxylation sites is 2. The third-order valence-corrected chi connectivity index (χ3v) is 5.58. The number of nitrogens with zero attached hydrogens (tertiary/aromatic N) is 1. The molecule has 1 N–H and O–H groups in total. The highest BCUT2D eigenvalue weighted by Gasteiger charge is 2.43. The van der Waals surface area contributed by atoms with Crippen LogP contribution in [-0.4, -0.2) is 22.8 Å². The van der Waals surface area contributed by atoms with Crippen LogP contribution in [0.1, 0.15) is 44.7 Å². The van der Waals surface area contributed by atoms with Crippen molar-refractivity contribution in [3.63, 3.8) is 0 Å². The van der Waals surface area contributed by atoms with Gasteiger partial charge in [-0.1, -0.05) is 48.5 Å². The first-order valence-electron chi connectivity index (χ1n) is 9.08. The maximum Gasteiger partial charge on any atom is 0.261 e. The predicted molar refractivity (Wildman–Crippen MR) is 104 cm³/mol. The van der Waals surface area contributed by atoms with Gasteiger partial charge in [-0.3, -0.25) is 14.5 Å². The van der Waals surface area contributed by atoms with Gasteiger partial charge in [0, 0.05) is 23.3 Å². The van der Waals surface area contributed by atoms with Crippen LogP contribution in [0, 0.1) is 0 Å². The summed E-state index contributed by atoms with van der Waals surface area (Å²) >= 11 is 0. The smallest absolute Gasteiger partial charge is 0.261 e. The SMILES string of the molecule is CC(C1c2ccccc2Nc2ccccc21)N1C(=O)c2ccccc2C1=O. The Hall–Kier alpha value is -3.40. The summed E-state index contributed by atoms with van der Waals surface area (Å²) in [6.45, 7) is 1.96. The maximum atomic E-state index is 13.0. The highest BCUT2D eigenvalue weighted by molar-refractivity contribution is 6.21. The number of imide groups is 1. The third-order valence-electron chi connectivity index (χ3n) is 5.58. The highest BCUT2D eigenvalue weighted by atomic mass is 16.2. The summed E-state index contributed by atoms with van der Waals surface area (Å²) in [5.41, 5.74) is 5.21. The van der Waals surface area contributed by atoms with Crippen LogP contribution in [-0.2, 0) is 0 Å². The second kappa shape index (κ2) is 5.81. The Balaban J connectivity index is 1.63. The van der Waals surface area contributed by atoms with Gasteiger partial charge in [0.25, 0.3) is 11.8 Å². The fourth-order valence-electron chi connectivity index (χ4n) is 4.32.